The van der Waals surface area contributed by atoms with Crippen molar-refractivity contribution in [1.29, 1.82) is 0 Å². The van der Waals surface area contributed by atoms with Gasteiger partial charge in [-0.3, -0.25) is 4.79 Å². The number of ether oxygens (including phenoxy) is 2. The van der Waals surface area contributed by atoms with Gasteiger partial charge in [0.25, 0.3) is 5.91 Å². The maximum Gasteiger partial charge on any atom is 0.333 e. The van der Waals surface area contributed by atoms with Crippen molar-refractivity contribution in [3.63, 3.8) is 0 Å². The van der Waals surface area contributed by atoms with Crippen LogP contribution in [0, 0.1) is 20.8 Å². The molecular weight excluding hydrogens is 332 g/mol. The monoisotopic (exact) mass is 356 g/mol. The van der Waals surface area contributed by atoms with Crippen molar-refractivity contribution in [2.24, 2.45) is 0 Å². The Morgan fingerprint density at radius 3 is 2.42 bits per heavy atom. The Labute approximate surface area is 153 Å². The number of methoxy groups -OCH3 is 1. The second-order valence-corrected chi connectivity index (χ2v) is 6.03. The van der Waals surface area contributed by atoms with E-state index in [0.717, 1.165) is 22.3 Å². The Hall–Kier alpha value is -2.89. The number of hydrogen-bond acceptors (Lipinski definition) is 5. The molecule has 0 aliphatic heterocycles. The molecule has 0 fully saturated rings. The number of nitrogens with one attached hydrogen (secondary N) is 1. The first-order chi connectivity index (χ1) is 12.4. The minimum absolute atomic E-state index is 0.230. The van der Waals surface area contributed by atoms with E-state index in [1.165, 1.54) is 7.11 Å². The number of esters is 1. The SMILES string of the molecule is CCOc1ncccc1C(=O)NC(C(=O)OC)c1c(C)cc(C)cc1C. The van der Waals surface area contributed by atoms with Crippen LogP contribution in [-0.2, 0) is 9.53 Å². The summed E-state index contributed by atoms with van der Waals surface area (Å²) in [5, 5.41) is 2.77. The highest BCUT2D eigenvalue weighted by molar-refractivity contribution is 5.99. The molecule has 2 rings (SSSR count). The third kappa shape index (κ3) is 4.20. The molecule has 1 aromatic heterocycles. The number of nitrogens with zero attached hydrogens (tertiary/aromatic N) is 1. The number of pyridine rings is 1. The lowest BCUT2D eigenvalue weighted by atomic mass is 9.93. The fourth-order valence-corrected chi connectivity index (χ4v) is 3.04. The first kappa shape index (κ1) is 19.4. The van der Waals surface area contributed by atoms with E-state index >= 15 is 0 Å². The van der Waals surface area contributed by atoms with Gasteiger partial charge in [0.15, 0.2) is 6.04 Å². The van der Waals surface area contributed by atoms with Gasteiger partial charge in [0.2, 0.25) is 5.88 Å². The van der Waals surface area contributed by atoms with Crippen LogP contribution in [0.25, 0.3) is 0 Å². The number of hydrogen-bond donors (Lipinski definition) is 1. The fourth-order valence-electron chi connectivity index (χ4n) is 3.04. The van der Waals surface area contributed by atoms with Gasteiger partial charge in [0.1, 0.15) is 5.56 Å². The summed E-state index contributed by atoms with van der Waals surface area (Å²) in [6, 6.07) is 6.28. The van der Waals surface area contributed by atoms with E-state index in [4.69, 9.17) is 9.47 Å². The van der Waals surface area contributed by atoms with Crippen LogP contribution in [0.2, 0.25) is 0 Å². The Kier molecular flexibility index (Phi) is 6.33. The van der Waals surface area contributed by atoms with E-state index in [9.17, 15) is 9.59 Å². The third-order valence-corrected chi connectivity index (χ3v) is 4.04. The second-order valence-electron chi connectivity index (χ2n) is 6.03. The van der Waals surface area contributed by atoms with Crippen LogP contribution in [-0.4, -0.2) is 30.6 Å². The fraction of sp³-hybridized carbons (Fsp3) is 0.350. The summed E-state index contributed by atoms with van der Waals surface area (Å²) in [7, 11) is 1.30. The summed E-state index contributed by atoms with van der Waals surface area (Å²) >= 11 is 0. The Balaban J connectivity index is 2.42. The molecule has 0 spiro atoms. The molecule has 0 bridgehead atoms. The number of benzene rings is 1. The zero-order valence-corrected chi connectivity index (χ0v) is 15.8. The molecule has 0 radical (unpaired) electrons. The zero-order chi connectivity index (χ0) is 19.3. The summed E-state index contributed by atoms with van der Waals surface area (Å²) in [5.41, 5.74) is 3.91. The van der Waals surface area contributed by atoms with Gasteiger partial charge in [-0.2, -0.15) is 0 Å². The smallest absolute Gasteiger partial charge is 0.333 e. The summed E-state index contributed by atoms with van der Waals surface area (Å²) < 4.78 is 10.3. The number of amides is 1. The van der Waals surface area contributed by atoms with E-state index in [1.807, 2.05) is 39.8 Å². The molecule has 0 aliphatic rings. The van der Waals surface area contributed by atoms with Crippen molar-refractivity contribution in [1.82, 2.24) is 10.3 Å². The lowest BCUT2D eigenvalue weighted by molar-refractivity contribution is -0.143. The molecule has 1 N–H and O–H groups in total. The van der Waals surface area contributed by atoms with E-state index in [1.54, 1.807) is 18.3 Å². The topological polar surface area (TPSA) is 77.5 Å². The van der Waals surface area contributed by atoms with Crippen molar-refractivity contribution in [2.45, 2.75) is 33.7 Å². The first-order valence-electron chi connectivity index (χ1n) is 8.43. The van der Waals surface area contributed by atoms with E-state index < -0.39 is 17.9 Å². The minimum Gasteiger partial charge on any atom is -0.477 e. The van der Waals surface area contributed by atoms with Crippen LogP contribution in [0.1, 0.15) is 45.6 Å². The molecular formula is C20H24N2O4. The zero-order valence-electron chi connectivity index (χ0n) is 15.8. The highest BCUT2D eigenvalue weighted by Gasteiger charge is 2.28. The van der Waals surface area contributed by atoms with E-state index in [0.29, 0.717) is 6.61 Å². The van der Waals surface area contributed by atoms with Crippen LogP contribution in [0.4, 0.5) is 0 Å². The Morgan fingerprint density at radius 1 is 1.19 bits per heavy atom. The molecule has 0 saturated heterocycles. The summed E-state index contributed by atoms with van der Waals surface area (Å²) in [6.45, 7) is 8.00. The highest BCUT2D eigenvalue weighted by atomic mass is 16.5. The maximum atomic E-state index is 12.8. The van der Waals surface area contributed by atoms with E-state index in [2.05, 4.69) is 10.3 Å². The van der Waals surface area contributed by atoms with Gasteiger partial charge in [-0.05, 0) is 56.5 Å². The predicted octanol–water partition coefficient (Wildman–Crippen LogP) is 3.05. The van der Waals surface area contributed by atoms with Gasteiger partial charge in [0.05, 0.1) is 13.7 Å². The molecule has 0 aliphatic carbocycles. The minimum atomic E-state index is -0.914. The molecule has 138 valence electrons. The second kappa shape index (κ2) is 8.47. The Bertz CT molecular complexity index is 794. The number of rotatable bonds is 6. The molecule has 0 saturated carbocycles. The number of aryl methyl sites for hydroxylation is 3. The maximum absolute atomic E-state index is 12.8. The van der Waals surface area contributed by atoms with Gasteiger partial charge in [0, 0.05) is 6.20 Å². The van der Waals surface area contributed by atoms with Gasteiger partial charge in [-0.25, -0.2) is 9.78 Å². The molecule has 1 amide bonds. The normalized spacial score (nSPS) is 11.6. The largest absolute Gasteiger partial charge is 0.477 e. The number of aromatic nitrogens is 1. The molecule has 26 heavy (non-hydrogen) atoms. The van der Waals surface area contributed by atoms with Gasteiger partial charge < -0.3 is 14.8 Å². The van der Waals surface area contributed by atoms with Crippen molar-refractivity contribution in [2.75, 3.05) is 13.7 Å². The van der Waals surface area contributed by atoms with Crippen LogP contribution in [0.5, 0.6) is 5.88 Å². The average Bonchev–Trinajstić information content (AvgIpc) is 2.60. The summed E-state index contributed by atoms with van der Waals surface area (Å²) in [6.07, 6.45) is 1.55. The molecule has 1 unspecified atom stereocenters. The standard InChI is InChI=1S/C20H24N2O4/c1-6-26-19-15(8-7-9-21-19)18(23)22-17(20(24)25-5)16-13(3)10-12(2)11-14(16)4/h7-11,17H,6H2,1-5H3,(H,22,23). The summed E-state index contributed by atoms with van der Waals surface area (Å²) in [4.78, 5) is 29.3. The number of carbonyl (C=O) groups excluding carboxylic acids is 2. The molecule has 1 atom stereocenters. The summed E-state index contributed by atoms with van der Waals surface area (Å²) in [5.74, 6) is -0.750. The molecule has 6 nitrogen and oxygen atoms in total. The lowest BCUT2D eigenvalue weighted by Gasteiger charge is -2.22. The molecule has 6 heteroatoms. The average molecular weight is 356 g/mol. The van der Waals surface area contributed by atoms with Crippen LogP contribution >= 0.6 is 0 Å². The quantitative estimate of drug-likeness (QED) is 0.805. The molecule has 2 aromatic rings. The van der Waals surface area contributed by atoms with Gasteiger partial charge in [-0.15, -0.1) is 0 Å². The van der Waals surface area contributed by atoms with Crippen LogP contribution in [0.3, 0.4) is 0 Å². The predicted molar refractivity (Wildman–Crippen MR) is 98.3 cm³/mol. The third-order valence-electron chi connectivity index (χ3n) is 4.04. The molecule has 1 aromatic carbocycles. The van der Waals surface area contributed by atoms with Crippen molar-refractivity contribution < 1.29 is 19.1 Å². The van der Waals surface area contributed by atoms with E-state index in [-0.39, 0.29) is 11.4 Å². The van der Waals surface area contributed by atoms with Crippen molar-refractivity contribution in [3.8, 4) is 5.88 Å². The first-order valence-corrected chi connectivity index (χ1v) is 8.43. The Morgan fingerprint density at radius 2 is 1.85 bits per heavy atom. The van der Waals surface area contributed by atoms with Crippen LogP contribution < -0.4 is 10.1 Å². The van der Waals surface area contributed by atoms with Gasteiger partial charge >= 0.3 is 5.97 Å². The van der Waals surface area contributed by atoms with Crippen molar-refractivity contribution >= 4 is 11.9 Å². The molecule has 1 heterocycles. The van der Waals surface area contributed by atoms with Crippen molar-refractivity contribution in [3.05, 3.63) is 58.3 Å². The van der Waals surface area contributed by atoms with Crippen LogP contribution in [0.15, 0.2) is 30.5 Å². The van der Waals surface area contributed by atoms with Gasteiger partial charge in [-0.1, -0.05) is 17.7 Å². The lowest BCUT2D eigenvalue weighted by Crippen LogP contribution is -2.35. The number of carbonyl (C=O) groups is 2. The highest BCUT2D eigenvalue weighted by Crippen LogP contribution is 2.26.